The highest BCUT2D eigenvalue weighted by Gasteiger charge is 2.36. The van der Waals surface area contributed by atoms with Crippen molar-refractivity contribution >= 4 is 22.5 Å². The van der Waals surface area contributed by atoms with Crippen LogP contribution in [0.2, 0.25) is 0 Å². The number of nitrogen functional groups attached to an aromatic ring is 1. The molecule has 0 saturated heterocycles. The molecule has 21 heavy (non-hydrogen) atoms. The molecule has 4 N–H and O–H groups in total. The van der Waals surface area contributed by atoms with Crippen LogP contribution in [0.5, 0.6) is 0 Å². The first-order valence-electron chi connectivity index (χ1n) is 7.36. The molecule has 0 bridgehead atoms. The number of nitrogens with one attached hydrogen (secondary N) is 2. The van der Waals surface area contributed by atoms with E-state index in [0.29, 0.717) is 11.4 Å². The van der Waals surface area contributed by atoms with E-state index in [4.69, 9.17) is 5.84 Å². The van der Waals surface area contributed by atoms with Crippen molar-refractivity contribution in [2.45, 2.75) is 38.1 Å². The number of hydrogen-bond donors (Lipinski definition) is 3. The fraction of sp³-hybridized carbons (Fsp3) is 0.375. The molecule has 1 saturated carbocycles. The monoisotopic (exact) mass is 284 g/mol. The Kier molecular flexibility index (Phi) is 3.51. The summed E-state index contributed by atoms with van der Waals surface area (Å²) >= 11 is 0. The van der Waals surface area contributed by atoms with Crippen LogP contribution in [0.3, 0.4) is 0 Å². The first-order chi connectivity index (χ1) is 10.2. The van der Waals surface area contributed by atoms with Crippen LogP contribution >= 0.6 is 0 Å². The lowest BCUT2D eigenvalue weighted by molar-refractivity contribution is 0.0822. The van der Waals surface area contributed by atoms with Gasteiger partial charge in [0, 0.05) is 17.1 Å². The number of nitrogens with two attached hydrogens (primary N) is 1. The molecule has 1 aromatic carbocycles. The molecule has 0 aliphatic heterocycles. The Morgan fingerprint density at radius 2 is 2.05 bits per heavy atom. The highest BCUT2D eigenvalue weighted by atomic mass is 16.1. The largest absolute Gasteiger partial charge is 0.347 e. The molecule has 5 heteroatoms. The number of carbonyl (C=O) groups is 1. The lowest BCUT2D eigenvalue weighted by Crippen LogP contribution is -2.53. The minimum absolute atomic E-state index is 0.0248. The Balaban J connectivity index is 1.99. The predicted molar refractivity (Wildman–Crippen MR) is 83.9 cm³/mol. The Morgan fingerprint density at radius 3 is 2.62 bits per heavy atom. The Bertz CT molecular complexity index is 674. The number of aromatic nitrogens is 1. The normalized spacial score (nSPS) is 16.3. The van der Waals surface area contributed by atoms with Crippen molar-refractivity contribution in [1.29, 1.82) is 0 Å². The molecule has 0 atom stereocenters. The standard InChI is InChI=1S/C16H20N4O/c1-2-16(8-5-9-16)19-15(21)13-10-18-14(20-17)12-7-4-3-6-11(12)13/h3-4,6-7,10H,2,5,8-9,17H2,1H3,(H,18,20)(H,19,21). The number of carbonyl (C=O) groups excluding carboxylic acids is 1. The second kappa shape index (κ2) is 5.33. The summed E-state index contributed by atoms with van der Waals surface area (Å²) in [5.41, 5.74) is 3.15. The van der Waals surface area contributed by atoms with Gasteiger partial charge in [-0.3, -0.25) is 4.79 Å². The van der Waals surface area contributed by atoms with Crippen molar-refractivity contribution in [2.75, 3.05) is 5.43 Å². The molecule has 1 aromatic heterocycles. The van der Waals surface area contributed by atoms with E-state index in [1.54, 1.807) is 6.20 Å². The predicted octanol–water partition coefficient (Wildman–Crippen LogP) is 2.58. The van der Waals surface area contributed by atoms with Crippen LogP contribution in [0.15, 0.2) is 30.5 Å². The highest BCUT2D eigenvalue weighted by molar-refractivity contribution is 6.09. The van der Waals surface area contributed by atoms with E-state index in [0.717, 1.165) is 30.0 Å². The molecule has 0 unspecified atom stereocenters. The molecule has 2 aromatic rings. The van der Waals surface area contributed by atoms with Gasteiger partial charge in [0.1, 0.15) is 5.82 Å². The van der Waals surface area contributed by atoms with Crippen molar-refractivity contribution in [3.63, 3.8) is 0 Å². The molecule has 1 aliphatic carbocycles. The number of hydrogen-bond acceptors (Lipinski definition) is 4. The van der Waals surface area contributed by atoms with Crippen LogP contribution in [-0.4, -0.2) is 16.4 Å². The average Bonchev–Trinajstić information content (AvgIpc) is 2.49. The van der Waals surface area contributed by atoms with E-state index in [-0.39, 0.29) is 11.4 Å². The SMILES string of the molecule is CCC1(NC(=O)c2cnc(NN)c3ccccc23)CCC1. The Morgan fingerprint density at radius 1 is 1.33 bits per heavy atom. The molecule has 1 fully saturated rings. The van der Waals surface area contributed by atoms with Crippen LogP contribution in [0.1, 0.15) is 43.0 Å². The smallest absolute Gasteiger partial charge is 0.253 e. The third-order valence-corrected chi connectivity index (χ3v) is 4.54. The Labute approximate surface area is 123 Å². The van der Waals surface area contributed by atoms with Gasteiger partial charge in [-0.15, -0.1) is 0 Å². The van der Waals surface area contributed by atoms with Gasteiger partial charge in [-0.1, -0.05) is 31.2 Å². The van der Waals surface area contributed by atoms with Crippen molar-refractivity contribution in [1.82, 2.24) is 10.3 Å². The molecule has 0 radical (unpaired) electrons. The maximum atomic E-state index is 12.6. The topological polar surface area (TPSA) is 80.0 Å². The zero-order valence-corrected chi connectivity index (χ0v) is 12.1. The van der Waals surface area contributed by atoms with Gasteiger partial charge < -0.3 is 10.7 Å². The number of amides is 1. The fourth-order valence-corrected chi connectivity index (χ4v) is 2.97. The highest BCUT2D eigenvalue weighted by Crippen LogP contribution is 2.35. The van der Waals surface area contributed by atoms with E-state index in [1.165, 1.54) is 6.42 Å². The summed E-state index contributed by atoms with van der Waals surface area (Å²) in [6.07, 6.45) is 5.86. The van der Waals surface area contributed by atoms with Crippen LogP contribution in [0.25, 0.3) is 10.8 Å². The summed E-state index contributed by atoms with van der Waals surface area (Å²) in [7, 11) is 0. The second-order valence-corrected chi connectivity index (χ2v) is 5.65. The number of pyridine rings is 1. The summed E-state index contributed by atoms with van der Waals surface area (Å²) < 4.78 is 0. The molecule has 1 amide bonds. The van der Waals surface area contributed by atoms with E-state index >= 15 is 0 Å². The third-order valence-electron chi connectivity index (χ3n) is 4.54. The van der Waals surface area contributed by atoms with Gasteiger partial charge in [0.05, 0.1) is 5.56 Å². The number of anilines is 1. The molecule has 0 spiro atoms. The summed E-state index contributed by atoms with van der Waals surface area (Å²) in [6, 6.07) is 7.66. The summed E-state index contributed by atoms with van der Waals surface area (Å²) in [4.78, 5) is 16.9. The minimum atomic E-state index is -0.0520. The zero-order valence-electron chi connectivity index (χ0n) is 12.1. The maximum Gasteiger partial charge on any atom is 0.253 e. The third kappa shape index (κ3) is 2.34. The summed E-state index contributed by atoms with van der Waals surface area (Å²) in [6.45, 7) is 2.12. The van der Waals surface area contributed by atoms with Gasteiger partial charge in [0.2, 0.25) is 0 Å². The summed E-state index contributed by atoms with van der Waals surface area (Å²) in [5, 5.41) is 4.91. The van der Waals surface area contributed by atoms with Crippen LogP contribution in [0.4, 0.5) is 5.82 Å². The Hall–Kier alpha value is -2.14. The number of hydrazine groups is 1. The second-order valence-electron chi connectivity index (χ2n) is 5.65. The van der Waals surface area contributed by atoms with Crippen molar-refractivity contribution in [3.8, 4) is 0 Å². The fourth-order valence-electron chi connectivity index (χ4n) is 2.97. The first kappa shape index (κ1) is 13.8. The van der Waals surface area contributed by atoms with Crippen molar-refractivity contribution in [2.24, 2.45) is 5.84 Å². The molecule has 3 rings (SSSR count). The van der Waals surface area contributed by atoms with Crippen molar-refractivity contribution < 1.29 is 4.79 Å². The minimum Gasteiger partial charge on any atom is -0.347 e. The van der Waals surface area contributed by atoms with E-state index in [1.807, 2.05) is 24.3 Å². The maximum absolute atomic E-state index is 12.6. The number of nitrogens with zero attached hydrogens (tertiary/aromatic N) is 1. The molecule has 110 valence electrons. The van der Waals surface area contributed by atoms with Crippen LogP contribution in [-0.2, 0) is 0 Å². The molecule has 5 nitrogen and oxygen atoms in total. The lowest BCUT2D eigenvalue weighted by atomic mass is 9.74. The first-order valence-corrected chi connectivity index (χ1v) is 7.36. The number of fused-ring (bicyclic) bond motifs is 1. The van der Waals surface area contributed by atoms with E-state index < -0.39 is 0 Å². The molecular formula is C16H20N4O. The van der Waals surface area contributed by atoms with Crippen LogP contribution in [0, 0.1) is 0 Å². The van der Waals surface area contributed by atoms with Crippen LogP contribution < -0.4 is 16.6 Å². The zero-order chi connectivity index (χ0) is 14.9. The molecule has 1 heterocycles. The number of rotatable bonds is 4. The lowest BCUT2D eigenvalue weighted by Gasteiger charge is -2.42. The van der Waals surface area contributed by atoms with Gasteiger partial charge in [-0.2, -0.15) is 0 Å². The van der Waals surface area contributed by atoms with Gasteiger partial charge in [0.25, 0.3) is 5.91 Å². The van der Waals surface area contributed by atoms with Gasteiger partial charge in [-0.05, 0) is 31.1 Å². The van der Waals surface area contributed by atoms with Crippen molar-refractivity contribution in [3.05, 3.63) is 36.0 Å². The number of benzene rings is 1. The van der Waals surface area contributed by atoms with E-state index in [2.05, 4.69) is 22.7 Å². The van der Waals surface area contributed by atoms with Gasteiger partial charge >= 0.3 is 0 Å². The quantitative estimate of drug-likeness (QED) is 0.595. The molecular weight excluding hydrogens is 264 g/mol. The van der Waals surface area contributed by atoms with Gasteiger partial charge in [0.15, 0.2) is 0 Å². The summed E-state index contributed by atoms with van der Waals surface area (Å²) in [5.74, 6) is 6.01. The van der Waals surface area contributed by atoms with Gasteiger partial charge in [-0.25, -0.2) is 10.8 Å². The average molecular weight is 284 g/mol. The molecule has 1 aliphatic rings. The van der Waals surface area contributed by atoms with E-state index in [9.17, 15) is 4.79 Å².